The zero-order valence-electron chi connectivity index (χ0n) is 16.1. The number of amides is 1. The molecule has 1 saturated heterocycles. The molecule has 1 radical (unpaired) electrons. The van der Waals surface area contributed by atoms with Crippen LogP contribution in [-0.2, 0) is 37.5 Å². The minimum atomic E-state index is -1.15. The van der Waals surface area contributed by atoms with E-state index in [1.54, 1.807) is 0 Å². The largest absolute Gasteiger partial charge is 0.322 e. The molecular weight excluding hydrogens is 390 g/mol. The van der Waals surface area contributed by atoms with Gasteiger partial charge in [0, 0.05) is 45.7 Å². The van der Waals surface area contributed by atoms with E-state index in [9.17, 15) is 4.79 Å². The third-order valence-corrected chi connectivity index (χ3v) is 11.3. The molecule has 1 N–H and O–H groups in total. The summed E-state index contributed by atoms with van der Waals surface area (Å²) in [7, 11) is -1.15. The number of carbonyl (C=O) groups is 1. The Balaban J connectivity index is 0.00000288. The van der Waals surface area contributed by atoms with Crippen molar-refractivity contribution in [2.75, 3.05) is 23.8 Å². The van der Waals surface area contributed by atoms with Crippen molar-refractivity contribution in [3.05, 3.63) is 28.8 Å². The van der Waals surface area contributed by atoms with Crippen LogP contribution in [0.25, 0.3) is 0 Å². The van der Waals surface area contributed by atoms with Crippen LogP contribution in [0.3, 0.4) is 0 Å². The normalized spacial score (nSPS) is 18.2. The summed E-state index contributed by atoms with van der Waals surface area (Å²) in [4.78, 5) is 13.0. The van der Waals surface area contributed by atoms with Crippen molar-refractivity contribution >= 4 is 18.9 Å². The van der Waals surface area contributed by atoms with Crippen LogP contribution in [0.5, 0.6) is 0 Å². The molecule has 4 heteroatoms. The summed E-state index contributed by atoms with van der Waals surface area (Å²) in [6.07, 6.45) is 9.18. The molecule has 24 heavy (non-hydrogen) atoms. The van der Waals surface area contributed by atoms with Gasteiger partial charge in [0.05, 0.1) is 18.5 Å². The van der Waals surface area contributed by atoms with Crippen molar-refractivity contribution in [2.24, 2.45) is 0 Å². The summed E-state index contributed by atoms with van der Waals surface area (Å²) in [5, 5.41) is 3.27. The third-order valence-electron chi connectivity index (χ3n) is 5.71. The first-order chi connectivity index (χ1) is 10.9. The van der Waals surface area contributed by atoms with Crippen molar-refractivity contribution in [1.29, 1.82) is 0 Å². The number of anilines is 1. The number of carbonyl (C=O) groups excluding carboxylic acids is 1. The second-order valence-electron chi connectivity index (χ2n) is 7.34. The number of benzene rings is 1. The van der Waals surface area contributed by atoms with Gasteiger partial charge in [0.2, 0.25) is 0 Å². The molecule has 1 heterocycles. The van der Waals surface area contributed by atoms with Crippen LogP contribution in [0.15, 0.2) is 12.1 Å². The Hall–Kier alpha value is 0.224. The van der Waals surface area contributed by atoms with Crippen LogP contribution in [0.4, 0.5) is 5.69 Å². The summed E-state index contributed by atoms with van der Waals surface area (Å²) < 4.78 is 0. The standard InChI is InChI=1S/C20H32NOP.Y/c1-6-23(11-9-7-8-10-12-23)18(5)20(22)21-19-16(3)13-15(2)14-17(19)4;/h13-14,18H,6-12H2,1-5H3;/p+1. The molecule has 1 fully saturated rings. The van der Waals surface area contributed by atoms with Crippen molar-refractivity contribution in [3.8, 4) is 0 Å². The molecule has 0 spiro atoms. The number of hydrogen-bond donors (Lipinski definition) is 1. The molecule has 2 nitrogen and oxygen atoms in total. The SMILES string of the molecule is CC[P+]1(C(C)C(=O)Nc2c(C)cc(C)cc2C)CCCCCC1.[Y]. The van der Waals surface area contributed by atoms with Gasteiger partial charge < -0.3 is 5.32 Å². The number of hydrogen-bond acceptors (Lipinski definition) is 1. The van der Waals surface area contributed by atoms with Crippen molar-refractivity contribution in [3.63, 3.8) is 0 Å². The molecule has 0 aliphatic carbocycles. The van der Waals surface area contributed by atoms with E-state index in [2.05, 4.69) is 52.1 Å². The van der Waals surface area contributed by atoms with E-state index in [1.165, 1.54) is 60.9 Å². The van der Waals surface area contributed by atoms with Gasteiger partial charge in [-0.25, -0.2) is 0 Å². The number of nitrogens with one attached hydrogen (secondary N) is 1. The summed E-state index contributed by atoms with van der Waals surface area (Å²) in [6, 6.07) is 4.31. The van der Waals surface area contributed by atoms with Gasteiger partial charge in [-0.15, -0.1) is 0 Å². The van der Waals surface area contributed by atoms with Crippen LogP contribution >= 0.6 is 7.26 Å². The monoisotopic (exact) mass is 423 g/mol. The van der Waals surface area contributed by atoms with E-state index in [-0.39, 0.29) is 44.3 Å². The molecule has 1 atom stereocenters. The average molecular weight is 423 g/mol. The molecule has 1 amide bonds. The Morgan fingerprint density at radius 1 is 1.08 bits per heavy atom. The van der Waals surface area contributed by atoms with Crippen molar-refractivity contribution < 1.29 is 37.5 Å². The predicted octanol–water partition coefficient (Wildman–Crippen LogP) is 5.55. The summed E-state index contributed by atoms with van der Waals surface area (Å²) in [5.74, 6) is 0.247. The zero-order chi connectivity index (χ0) is 17.0. The topological polar surface area (TPSA) is 29.1 Å². The van der Waals surface area contributed by atoms with E-state index in [4.69, 9.17) is 0 Å². The van der Waals surface area contributed by atoms with Gasteiger partial charge >= 0.3 is 0 Å². The first-order valence-corrected chi connectivity index (χ1v) is 11.6. The first-order valence-electron chi connectivity index (χ1n) is 9.14. The van der Waals surface area contributed by atoms with Gasteiger partial charge in [0.15, 0.2) is 0 Å². The van der Waals surface area contributed by atoms with E-state index < -0.39 is 7.26 Å². The summed E-state index contributed by atoms with van der Waals surface area (Å²) in [5.41, 5.74) is 4.81. The molecule has 0 saturated carbocycles. The maximum absolute atomic E-state index is 13.0. The summed E-state index contributed by atoms with van der Waals surface area (Å²) in [6.45, 7) is 10.8. The molecular formula is C20H33NOPY+. The fraction of sp³-hybridized carbons (Fsp3) is 0.650. The molecule has 1 unspecified atom stereocenters. The minimum absolute atomic E-state index is 0. The Morgan fingerprint density at radius 2 is 1.58 bits per heavy atom. The van der Waals surface area contributed by atoms with Gasteiger partial charge in [0.1, 0.15) is 5.66 Å². The maximum atomic E-state index is 13.0. The number of aryl methyl sites for hydroxylation is 3. The van der Waals surface area contributed by atoms with Gasteiger partial charge in [0.25, 0.3) is 5.91 Å². The Morgan fingerprint density at radius 3 is 2.04 bits per heavy atom. The van der Waals surface area contributed by atoms with Crippen LogP contribution in [0, 0.1) is 20.8 Å². The molecule has 2 rings (SSSR count). The molecule has 131 valence electrons. The smallest absolute Gasteiger partial charge is 0.264 e. The van der Waals surface area contributed by atoms with Gasteiger partial charge in [-0.05, 0) is 71.4 Å². The average Bonchev–Trinajstić information content (AvgIpc) is 2.76. The fourth-order valence-corrected chi connectivity index (χ4v) is 8.60. The second kappa shape index (κ2) is 9.79. The molecule has 1 aliphatic heterocycles. The van der Waals surface area contributed by atoms with E-state index in [1.807, 2.05) is 0 Å². The molecule has 0 bridgehead atoms. The van der Waals surface area contributed by atoms with E-state index in [0.29, 0.717) is 0 Å². The minimum Gasteiger partial charge on any atom is -0.322 e. The number of rotatable bonds is 4. The molecule has 0 aromatic heterocycles. The van der Waals surface area contributed by atoms with Crippen molar-refractivity contribution in [2.45, 2.75) is 66.0 Å². The zero-order valence-corrected chi connectivity index (χ0v) is 19.8. The second-order valence-corrected chi connectivity index (χ2v) is 12.1. The van der Waals surface area contributed by atoms with Gasteiger partial charge in [-0.3, -0.25) is 4.79 Å². The van der Waals surface area contributed by atoms with Crippen LogP contribution in [-0.4, -0.2) is 30.1 Å². The van der Waals surface area contributed by atoms with Gasteiger partial charge in [-0.1, -0.05) is 17.7 Å². The quantitative estimate of drug-likeness (QED) is 0.633. The Kier molecular flexibility index (Phi) is 9.09. The molecule has 1 aromatic carbocycles. The van der Waals surface area contributed by atoms with Crippen molar-refractivity contribution in [1.82, 2.24) is 0 Å². The van der Waals surface area contributed by atoms with Crippen LogP contribution in [0.1, 0.15) is 56.2 Å². The van der Waals surface area contributed by atoms with Crippen LogP contribution < -0.4 is 5.32 Å². The fourth-order valence-electron chi connectivity index (χ4n) is 4.15. The summed E-state index contributed by atoms with van der Waals surface area (Å²) >= 11 is 0. The Labute approximate surface area is 174 Å². The van der Waals surface area contributed by atoms with E-state index in [0.717, 1.165) is 5.69 Å². The first kappa shape index (κ1) is 22.3. The van der Waals surface area contributed by atoms with Gasteiger partial charge in [-0.2, -0.15) is 0 Å². The third kappa shape index (κ3) is 5.12. The van der Waals surface area contributed by atoms with E-state index >= 15 is 0 Å². The molecule has 1 aliphatic rings. The molecule has 1 aromatic rings. The van der Waals surface area contributed by atoms with Crippen LogP contribution in [0.2, 0.25) is 0 Å². The maximum Gasteiger partial charge on any atom is 0.264 e. The predicted molar refractivity (Wildman–Crippen MR) is 104 cm³/mol. The Bertz CT molecular complexity index is 542.